The third-order valence-corrected chi connectivity index (χ3v) is 5.84. The minimum Gasteiger partial charge on any atom is -0.483 e. The van der Waals surface area contributed by atoms with Crippen molar-refractivity contribution in [1.82, 2.24) is 15.6 Å². The van der Waals surface area contributed by atoms with Crippen LogP contribution in [-0.2, 0) is 21.4 Å². The van der Waals surface area contributed by atoms with Crippen LogP contribution in [0, 0.1) is 13.8 Å². The molecule has 1 aromatic heterocycles. The summed E-state index contributed by atoms with van der Waals surface area (Å²) in [6.07, 6.45) is 1.44. The number of rotatable bonds is 8. The molecule has 0 spiro atoms. The number of ether oxygens (including phenoxy) is 1. The molecule has 2 amide bonds. The summed E-state index contributed by atoms with van der Waals surface area (Å²) in [5.74, 6) is -0.212. The largest absolute Gasteiger partial charge is 0.483 e. The first-order valence-electron chi connectivity index (χ1n) is 9.66. The van der Waals surface area contributed by atoms with Crippen LogP contribution in [0.4, 0.5) is 0 Å². The summed E-state index contributed by atoms with van der Waals surface area (Å²) in [6.45, 7) is 3.45. The fourth-order valence-electron chi connectivity index (χ4n) is 2.71. The van der Waals surface area contributed by atoms with Crippen molar-refractivity contribution in [2.75, 3.05) is 6.61 Å². The molecule has 0 atom stereocenters. The molecule has 0 unspecified atom stereocenters. The number of hydrogen-bond donors (Lipinski definition) is 3. The second-order valence-electron chi connectivity index (χ2n) is 6.99. The van der Waals surface area contributed by atoms with Crippen LogP contribution >= 0.6 is 0 Å². The topological polar surface area (TPSA) is 127 Å². The molecule has 0 aliphatic carbocycles. The average molecular weight is 458 g/mol. The number of aryl methyl sites for hydroxylation is 2. The van der Waals surface area contributed by atoms with Gasteiger partial charge in [0.1, 0.15) is 11.5 Å². The molecule has 3 rings (SSSR count). The number of benzene rings is 2. The highest BCUT2D eigenvalue weighted by Crippen LogP contribution is 2.18. The Morgan fingerprint density at radius 2 is 1.81 bits per heavy atom. The lowest BCUT2D eigenvalue weighted by atomic mass is 10.1. The predicted molar refractivity (Wildman–Crippen MR) is 116 cm³/mol. The van der Waals surface area contributed by atoms with Crippen molar-refractivity contribution >= 4 is 21.8 Å². The number of amides is 2. The highest BCUT2D eigenvalue weighted by atomic mass is 32.2. The van der Waals surface area contributed by atoms with E-state index in [1.807, 2.05) is 32.0 Å². The molecule has 0 aliphatic heterocycles. The van der Waals surface area contributed by atoms with Crippen molar-refractivity contribution in [3.8, 4) is 5.75 Å². The molecule has 10 heteroatoms. The van der Waals surface area contributed by atoms with E-state index in [-0.39, 0.29) is 23.6 Å². The van der Waals surface area contributed by atoms with Crippen LogP contribution in [0.3, 0.4) is 0 Å². The van der Waals surface area contributed by atoms with Gasteiger partial charge >= 0.3 is 0 Å². The summed E-state index contributed by atoms with van der Waals surface area (Å²) >= 11 is 0. The van der Waals surface area contributed by atoms with Gasteiger partial charge in [0, 0.05) is 5.56 Å². The Morgan fingerprint density at radius 3 is 2.56 bits per heavy atom. The van der Waals surface area contributed by atoms with E-state index in [1.54, 1.807) is 12.1 Å². The van der Waals surface area contributed by atoms with Gasteiger partial charge in [0.05, 0.1) is 17.7 Å². The Kier molecular flexibility index (Phi) is 7.29. The van der Waals surface area contributed by atoms with Crippen molar-refractivity contribution in [3.05, 3.63) is 83.3 Å². The summed E-state index contributed by atoms with van der Waals surface area (Å²) in [6, 6.07) is 14.3. The first-order chi connectivity index (χ1) is 15.2. The van der Waals surface area contributed by atoms with Gasteiger partial charge in [-0.1, -0.05) is 18.2 Å². The van der Waals surface area contributed by atoms with Crippen molar-refractivity contribution in [2.24, 2.45) is 0 Å². The first kappa shape index (κ1) is 23.0. The smallest absolute Gasteiger partial charge is 0.276 e. The van der Waals surface area contributed by atoms with Gasteiger partial charge in [-0.25, -0.2) is 13.1 Å². The zero-order valence-corrected chi connectivity index (χ0v) is 18.4. The number of nitrogens with one attached hydrogen (secondary N) is 3. The molecular weight excluding hydrogens is 434 g/mol. The average Bonchev–Trinajstić information content (AvgIpc) is 3.30. The maximum absolute atomic E-state index is 12.5. The Hall–Kier alpha value is -3.63. The Bertz CT molecular complexity index is 1210. The number of furan rings is 1. The van der Waals surface area contributed by atoms with E-state index in [1.165, 1.54) is 30.5 Å². The summed E-state index contributed by atoms with van der Waals surface area (Å²) in [4.78, 5) is 24.3. The van der Waals surface area contributed by atoms with Crippen molar-refractivity contribution < 1.29 is 27.2 Å². The van der Waals surface area contributed by atoms with Gasteiger partial charge < -0.3 is 9.15 Å². The van der Waals surface area contributed by atoms with Gasteiger partial charge in [-0.2, -0.15) is 0 Å². The zero-order chi connectivity index (χ0) is 23.1. The van der Waals surface area contributed by atoms with Gasteiger partial charge in [-0.3, -0.25) is 20.4 Å². The molecule has 32 heavy (non-hydrogen) atoms. The Balaban J connectivity index is 1.54. The number of carbonyl (C=O) groups excluding carboxylic acids is 2. The lowest BCUT2D eigenvalue weighted by molar-refractivity contribution is -0.123. The standard InChI is InChI=1S/C22H23N3O6S/c1-15-8-9-16(2)20(11-15)31-14-21(26)24-25-22(27)17-5-3-7-19(12-17)32(28,29)23-13-18-6-4-10-30-18/h3-12,23H,13-14H2,1-2H3,(H,24,26)(H,25,27). The Labute approximate surface area is 185 Å². The van der Waals surface area contributed by atoms with Crippen LogP contribution in [0.2, 0.25) is 0 Å². The van der Waals surface area contributed by atoms with E-state index in [0.29, 0.717) is 11.5 Å². The monoisotopic (exact) mass is 457 g/mol. The first-order valence-corrected chi connectivity index (χ1v) is 11.1. The van der Waals surface area contributed by atoms with Gasteiger partial charge in [0.15, 0.2) is 6.61 Å². The number of carbonyl (C=O) groups is 2. The van der Waals surface area contributed by atoms with Crippen LogP contribution in [0.1, 0.15) is 27.2 Å². The normalized spacial score (nSPS) is 11.1. The maximum atomic E-state index is 12.5. The lowest BCUT2D eigenvalue weighted by Crippen LogP contribution is -2.43. The molecule has 0 saturated heterocycles. The number of sulfonamides is 1. The molecular formula is C22H23N3O6S. The zero-order valence-electron chi connectivity index (χ0n) is 17.5. The van der Waals surface area contributed by atoms with Gasteiger partial charge in [0.2, 0.25) is 10.0 Å². The molecule has 9 nitrogen and oxygen atoms in total. The van der Waals surface area contributed by atoms with Gasteiger partial charge in [0.25, 0.3) is 11.8 Å². The summed E-state index contributed by atoms with van der Waals surface area (Å²) in [5, 5.41) is 0. The van der Waals surface area contributed by atoms with Crippen LogP contribution in [0.25, 0.3) is 0 Å². The molecule has 1 heterocycles. The second kappa shape index (κ2) is 10.1. The van der Waals surface area contributed by atoms with Gasteiger partial charge in [-0.05, 0) is 61.4 Å². The van der Waals surface area contributed by atoms with Crippen LogP contribution in [-0.4, -0.2) is 26.8 Å². The van der Waals surface area contributed by atoms with Crippen molar-refractivity contribution in [3.63, 3.8) is 0 Å². The van der Waals surface area contributed by atoms with Crippen LogP contribution in [0.5, 0.6) is 5.75 Å². The Morgan fingerprint density at radius 1 is 1.00 bits per heavy atom. The van der Waals surface area contributed by atoms with E-state index >= 15 is 0 Å². The molecule has 0 fully saturated rings. The molecule has 0 bridgehead atoms. The minimum absolute atomic E-state index is 0.0256. The molecule has 0 aliphatic rings. The highest BCUT2D eigenvalue weighted by molar-refractivity contribution is 7.89. The quantitative estimate of drug-likeness (QED) is 0.445. The molecule has 3 aromatic rings. The molecule has 0 radical (unpaired) electrons. The van der Waals surface area contributed by atoms with E-state index in [0.717, 1.165) is 11.1 Å². The van der Waals surface area contributed by atoms with E-state index < -0.39 is 21.8 Å². The second-order valence-corrected chi connectivity index (χ2v) is 8.76. The van der Waals surface area contributed by atoms with Crippen molar-refractivity contribution in [2.45, 2.75) is 25.3 Å². The lowest BCUT2D eigenvalue weighted by Gasteiger charge is -2.11. The predicted octanol–water partition coefficient (Wildman–Crippen LogP) is 2.21. The minimum atomic E-state index is -3.87. The maximum Gasteiger partial charge on any atom is 0.276 e. The van der Waals surface area contributed by atoms with Crippen LogP contribution < -0.4 is 20.3 Å². The molecule has 168 valence electrons. The summed E-state index contributed by atoms with van der Waals surface area (Å²) in [7, 11) is -3.87. The van der Waals surface area contributed by atoms with Crippen molar-refractivity contribution in [1.29, 1.82) is 0 Å². The number of hydrogen-bond acceptors (Lipinski definition) is 6. The third-order valence-electron chi connectivity index (χ3n) is 4.44. The molecule has 2 aromatic carbocycles. The molecule has 3 N–H and O–H groups in total. The fraction of sp³-hybridized carbons (Fsp3) is 0.182. The highest BCUT2D eigenvalue weighted by Gasteiger charge is 2.17. The van der Waals surface area contributed by atoms with E-state index in [4.69, 9.17) is 9.15 Å². The fourth-order valence-corrected chi connectivity index (χ4v) is 3.75. The third kappa shape index (κ3) is 6.19. The number of hydrazine groups is 1. The van der Waals surface area contributed by atoms with E-state index in [2.05, 4.69) is 15.6 Å². The van der Waals surface area contributed by atoms with Crippen LogP contribution in [0.15, 0.2) is 70.2 Å². The SMILES string of the molecule is Cc1ccc(C)c(OCC(=O)NNC(=O)c2cccc(S(=O)(=O)NCc3ccco3)c2)c1. The molecule has 0 saturated carbocycles. The summed E-state index contributed by atoms with van der Waals surface area (Å²) in [5.41, 5.74) is 6.42. The van der Waals surface area contributed by atoms with Gasteiger partial charge in [-0.15, -0.1) is 0 Å². The van der Waals surface area contributed by atoms with E-state index in [9.17, 15) is 18.0 Å². The summed E-state index contributed by atoms with van der Waals surface area (Å²) < 4.78 is 37.9.